The van der Waals surface area contributed by atoms with Gasteiger partial charge in [0.25, 0.3) is 11.8 Å². The van der Waals surface area contributed by atoms with Gasteiger partial charge < -0.3 is 10.9 Å². The highest BCUT2D eigenvalue weighted by Gasteiger charge is 2.36. The van der Waals surface area contributed by atoms with Crippen LogP contribution in [0, 0.1) is 11.5 Å². The van der Waals surface area contributed by atoms with E-state index in [9.17, 15) is 9.59 Å². The van der Waals surface area contributed by atoms with Crippen molar-refractivity contribution in [3.05, 3.63) is 0 Å². The molecule has 0 saturated heterocycles. The topological polar surface area (TPSA) is 120 Å². The summed E-state index contributed by atoms with van der Waals surface area (Å²) >= 11 is 0. The van der Waals surface area contributed by atoms with Crippen LogP contribution in [-0.4, -0.2) is 33.7 Å². The van der Waals surface area contributed by atoms with Crippen molar-refractivity contribution in [3.63, 3.8) is 0 Å². The maximum atomic E-state index is 11.3. The minimum Gasteiger partial charge on any atom is -0.410 e. The van der Waals surface area contributed by atoms with E-state index in [-0.39, 0.29) is 6.04 Å². The van der Waals surface area contributed by atoms with E-state index in [1.165, 1.54) is 0 Å². The summed E-state index contributed by atoms with van der Waals surface area (Å²) in [5.74, 6) is -2.11. The predicted octanol–water partition coefficient (Wildman–Crippen LogP) is -1.23. The second-order valence-electron chi connectivity index (χ2n) is 2.82. The van der Waals surface area contributed by atoms with Crippen LogP contribution in [0.2, 0.25) is 0 Å². The molecule has 7 nitrogen and oxygen atoms in total. The van der Waals surface area contributed by atoms with E-state index in [2.05, 4.69) is 5.16 Å². The number of hydrogen-bond acceptors (Lipinski definition) is 5. The number of nitrogens with two attached hydrogens (primary N) is 1. The number of hydrogen-bond donors (Lipinski definition) is 2. The fraction of sp³-hybridized carbons (Fsp3) is 0.429. The molecule has 0 aromatic rings. The van der Waals surface area contributed by atoms with E-state index in [1.807, 2.05) is 0 Å². The molecule has 1 saturated carbocycles. The first-order valence-electron chi connectivity index (χ1n) is 3.87. The Morgan fingerprint density at radius 2 is 2.14 bits per heavy atom. The van der Waals surface area contributed by atoms with Gasteiger partial charge in [0.1, 0.15) is 0 Å². The molecule has 0 aliphatic heterocycles. The molecule has 1 aliphatic carbocycles. The summed E-state index contributed by atoms with van der Waals surface area (Å²) in [6, 6.07) is -0.191. The van der Waals surface area contributed by atoms with Gasteiger partial charge in [-0.05, 0) is 12.8 Å². The third kappa shape index (κ3) is 1.80. The van der Waals surface area contributed by atoms with E-state index in [0.717, 1.165) is 4.90 Å². The third-order valence-electron chi connectivity index (χ3n) is 1.77. The number of amides is 2. The minimum atomic E-state index is -1.15. The SMILES string of the molecule is N#CN(C(=O)C(=NO)C(N)=O)C1CC1. The van der Waals surface area contributed by atoms with Crippen LogP contribution in [-0.2, 0) is 9.59 Å². The molecule has 0 spiro atoms. The Balaban J connectivity index is 2.81. The molecule has 1 rings (SSSR count). The van der Waals surface area contributed by atoms with Crippen molar-refractivity contribution in [2.24, 2.45) is 10.9 Å². The molecule has 74 valence electrons. The predicted molar refractivity (Wildman–Crippen MR) is 43.9 cm³/mol. The summed E-state index contributed by atoms with van der Waals surface area (Å²) in [5, 5.41) is 19.4. The Morgan fingerprint density at radius 3 is 2.43 bits per heavy atom. The van der Waals surface area contributed by atoms with Crippen molar-refractivity contribution in [2.45, 2.75) is 18.9 Å². The number of carbonyl (C=O) groups excluding carboxylic acids is 2. The molecule has 1 aliphatic rings. The highest BCUT2D eigenvalue weighted by atomic mass is 16.4. The highest BCUT2D eigenvalue weighted by molar-refractivity contribution is 6.64. The molecule has 1 fully saturated rings. The fourth-order valence-electron chi connectivity index (χ4n) is 0.937. The Morgan fingerprint density at radius 1 is 1.57 bits per heavy atom. The highest BCUT2D eigenvalue weighted by Crippen LogP contribution is 2.26. The first kappa shape index (κ1) is 9.98. The second kappa shape index (κ2) is 3.74. The Hall–Kier alpha value is -2.10. The van der Waals surface area contributed by atoms with E-state index >= 15 is 0 Å². The molecule has 3 N–H and O–H groups in total. The van der Waals surface area contributed by atoms with Crippen molar-refractivity contribution in [2.75, 3.05) is 0 Å². The second-order valence-corrected chi connectivity index (χ2v) is 2.82. The fourth-order valence-corrected chi connectivity index (χ4v) is 0.937. The van der Waals surface area contributed by atoms with Crippen LogP contribution in [0.25, 0.3) is 0 Å². The van der Waals surface area contributed by atoms with Crippen LogP contribution in [0.15, 0.2) is 5.16 Å². The van der Waals surface area contributed by atoms with Crippen LogP contribution in [0.4, 0.5) is 0 Å². The summed E-state index contributed by atoms with van der Waals surface area (Å²) in [6.45, 7) is 0. The van der Waals surface area contributed by atoms with Crippen molar-refractivity contribution < 1.29 is 14.8 Å². The van der Waals surface area contributed by atoms with Crippen LogP contribution in [0.3, 0.4) is 0 Å². The van der Waals surface area contributed by atoms with Gasteiger partial charge >= 0.3 is 0 Å². The lowest BCUT2D eigenvalue weighted by molar-refractivity contribution is -0.123. The molecule has 0 unspecified atom stereocenters. The first-order valence-corrected chi connectivity index (χ1v) is 3.87. The van der Waals surface area contributed by atoms with Crippen LogP contribution >= 0.6 is 0 Å². The maximum absolute atomic E-state index is 11.3. The summed E-state index contributed by atoms with van der Waals surface area (Å²) < 4.78 is 0. The Kier molecular flexibility index (Phi) is 2.67. The van der Waals surface area contributed by atoms with Gasteiger partial charge in [-0.3, -0.25) is 9.59 Å². The zero-order valence-corrected chi connectivity index (χ0v) is 7.17. The summed E-state index contributed by atoms with van der Waals surface area (Å²) in [6.07, 6.45) is 3.03. The standard InChI is InChI=1S/C7H8N4O3/c8-3-11(4-1-2-4)7(13)5(10-14)6(9)12/h4,14H,1-2H2,(H2,9,12). The van der Waals surface area contributed by atoms with Gasteiger partial charge in [0.05, 0.1) is 0 Å². The van der Waals surface area contributed by atoms with E-state index in [1.54, 1.807) is 6.19 Å². The number of primary amides is 1. The van der Waals surface area contributed by atoms with Crippen molar-refractivity contribution in [1.29, 1.82) is 5.26 Å². The van der Waals surface area contributed by atoms with Crippen molar-refractivity contribution in [1.82, 2.24) is 4.90 Å². The number of rotatable bonds is 3. The number of nitrogens with zero attached hydrogens (tertiary/aromatic N) is 3. The molecule has 14 heavy (non-hydrogen) atoms. The molecule has 0 aromatic carbocycles. The Labute approximate surface area is 79.4 Å². The minimum absolute atomic E-state index is 0.191. The zero-order chi connectivity index (χ0) is 10.7. The molecular weight excluding hydrogens is 188 g/mol. The average molecular weight is 196 g/mol. The molecule has 7 heteroatoms. The first-order chi connectivity index (χ1) is 6.61. The van der Waals surface area contributed by atoms with E-state index in [0.29, 0.717) is 12.8 Å². The maximum Gasteiger partial charge on any atom is 0.294 e. The van der Waals surface area contributed by atoms with Crippen LogP contribution in [0.1, 0.15) is 12.8 Å². The monoisotopic (exact) mass is 196 g/mol. The summed E-state index contributed by atoms with van der Waals surface area (Å²) in [5.41, 5.74) is 3.95. The lowest BCUT2D eigenvalue weighted by atomic mass is 10.3. The van der Waals surface area contributed by atoms with Gasteiger partial charge in [0, 0.05) is 6.04 Å². The molecule has 2 amide bonds. The average Bonchev–Trinajstić information content (AvgIpc) is 2.90. The molecule has 0 heterocycles. The zero-order valence-electron chi connectivity index (χ0n) is 7.17. The molecule has 0 bridgehead atoms. The lowest BCUT2D eigenvalue weighted by Crippen LogP contribution is -2.41. The quantitative estimate of drug-likeness (QED) is 0.147. The van der Waals surface area contributed by atoms with E-state index in [4.69, 9.17) is 16.2 Å². The van der Waals surface area contributed by atoms with Gasteiger partial charge in [-0.15, -0.1) is 0 Å². The number of oxime groups is 1. The molecule has 0 radical (unpaired) electrons. The lowest BCUT2D eigenvalue weighted by Gasteiger charge is -2.10. The smallest absolute Gasteiger partial charge is 0.294 e. The largest absolute Gasteiger partial charge is 0.410 e. The van der Waals surface area contributed by atoms with Crippen molar-refractivity contribution in [3.8, 4) is 6.19 Å². The van der Waals surface area contributed by atoms with Gasteiger partial charge in [-0.1, -0.05) is 5.16 Å². The van der Waals surface area contributed by atoms with Gasteiger partial charge in [0.15, 0.2) is 6.19 Å². The van der Waals surface area contributed by atoms with E-state index < -0.39 is 17.5 Å². The van der Waals surface area contributed by atoms with Gasteiger partial charge in [-0.2, -0.15) is 5.26 Å². The Bertz CT molecular complexity index is 339. The third-order valence-corrected chi connectivity index (χ3v) is 1.77. The van der Waals surface area contributed by atoms with Crippen LogP contribution < -0.4 is 5.73 Å². The van der Waals surface area contributed by atoms with Gasteiger partial charge in [0.2, 0.25) is 5.71 Å². The molecule has 0 aromatic heterocycles. The molecule has 0 atom stereocenters. The van der Waals surface area contributed by atoms with Crippen LogP contribution in [0.5, 0.6) is 0 Å². The summed E-state index contributed by atoms with van der Waals surface area (Å²) in [4.78, 5) is 22.7. The normalized spacial score (nSPS) is 15.8. The summed E-state index contributed by atoms with van der Waals surface area (Å²) in [7, 11) is 0. The number of carbonyl (C=O) groups is 2. The van der Waals surface area contributed by atoms with Crippen molar-refractivity contribution >= 4 is 17.5 Å². The van der Waals surface area contributed by atoms with Gasteiger partial charge in [-0.25, -0.2) is 4.90 Å². The number of nitriles is 1. The molecular formula is C7H8N4O3.